The number of hydrogen-bond donors (Lipinski definition) is 2. The van der Waals surface area contributed by atoms with E-state index in [4.69, 9.17) is 5.73 Å². The van der Waals surface area contributed by atoms with Gasteiger partial charge in [-0.25, -0.2) is 0 Å². The Morgan fingerprint density at radius 3 is 2.50 bits per heavy atom. The van der Waals surface area contributed by atoms with Crippen molar-refractivity contribution >= 4 is 0 Å². The number of hydrogen-bond acceptors (Lipinski definition) is 3. The summed E-state index contributed by atoms with van der Waals surface area (Å²) in [6.45, 7) is 3.24. The van der Waals surface area contributed by atoms with Crippen molar-refractivity contribution in [1.29, 1.82) is 0 Å². The highest BCUT2D eigenvalue weighted by molar-refractivity contribution is 4.68. The van der Waals surface area contributed by atoms with Gasteiger partial charge in [-0.2, -0.15) is 5.48 Å². The lowest BCUT2D eigenvalue weighted by Gasteiger charge is -1.95. The number of nitrogens with one attached hydrogen (secondary N) is 1. The first-order valence-corrected chi connectivity index (χ1v) is 1.55. The fraction of sp³-hybridized carbons (Fsp3) is 0.333. The molecule has 0 rings (SSSR count). The Hall–Kier alpha value is -0.700. The Labute approximate surface area is 36.7 Å². The minimum atomic E-state index is 0.178. The Kier molecular flexibility index (Phi) is 2.24. The average molecular weight is 88.1 g/mol. The molecule has 0 radical (unpaired) electrons. The van der Waals surface area contributed by atoms with Crippen LogP contribution in [0.2, 0.25) is 0 Å². The predicted molar refractivity (Wildman–Crippen MR) is 23.5 cm³/mol. The van der Waals surface area contributed by atoms with E-state index in [1.165, 1.54) is 0 Å². The van der Waals surface area contributed by atoms with Crippen molar-refractivity contribution in [2.24, 2.45) is 5.73 Å². The van der Waals surface area contributed by atoms with E-state index in [1.54, 1.807) is 7.05 Å². The predicted octanol–water partition coefficient (Wildman–Crippen LogP) is -0.433. The molecule has 0 amide bonds. The van der Waals surface area contributed by atoms with Gasteiger partial charge in [0.2, 0.25) is 5.88 Å². The summed E-state index contributed by atoms with van der Waals surface area (Å²) in [6.07, 6.45) is 0. The maximum atomic E-state index is 4.92. The molecule has 0 saturated heterocycles. The van der Waals surface area contributed by atoms with Gasteiger partial charge in [-0.05, 0) is 6.58 Å². The van der Waals surface area contributed by atoms with Crippen LogP contribution in [-0.2, 0) is 4.84 Å². The molecule has 36 valence electrons. The average Bonchev–Trinajstić information content (AvgIpc) is 1.35. The second kappa shape index (κ2) is 2.53. The zero-order valence-corrected chi connectivity index (χ0v) is 3.69. The van der Waals surface area contributed by atoms with E-state index in [0.29, 0.717) is 0 Å². The quantitative estimate of drug-likeness (QED) is 0.355. The summed E-state index contributed by atoms with van der Waals surface area (Å²) in [4.78, 5) is 4.38. The van der Waals surface area contributed by atoms with Gasteiger partial charge in [0.1, 0.15) is 0 Å². The number of hydroxylamine groups is 1. The zero-order chi connectivity index (χ0) is 4.99. The summed E-state index contributed by atoms with van der Waals surface area (Å²) in [5.74, 6) is 0.178. The summed E-state index contributed by atoms with van der Waals surface area (Å²) >= 11 is 0. The van der Waals surface area contributed by atoms with E-state index >= 15 is 0 Å². The normalized spacial score (nSPS) is 7.50. The summed E-state index contributed by atoms with van der Waals surface area (Å²) in [5.41, 5.74) is 7.27. The molecule has 3 N–H and O–H groups in total. The molecule has 0 heterocycles. The van der Waals surface area contributed by atoms with Crippen LogP contribution in [0, 0.1) is 0 Å². The van der Waals surface area contributed by atoms with Gasteiger partial charge >= 0.3 is 0 Å². The number of nitrogens with two attached hydrogens (primary N) is 1. The maximum absolute atomic E-state index is 4.92. The van der Waals surface area contributed by atoms with Gasteiger partial charge in [0.25, 0.3) is 0 Å². The molecular weight excluding hydrogens is 80.0 g/mol. The molecule has 0 fully saturated rings. The summed E-state index contributed by atoms with van der Waals surface area (Å²) in [5, 5.41) is 0. The SMILES string of the molecule is C=C(N)ONC. The van der Waals surface area contributed by atoms with E-state index in [-0.39, 0.29) is 5.88 Å². The summed E-state index contributed by atoms with van der Waals surface area (Å²) < 4.78 is 0. The third-order valence-electron chi connectivity index (χ3n) is 0.233. The molecule has 0 aliphatic carbocycles. The van der Waals surface area contributed by atoms with Gasteiger partial charge in [-0.15, -0.1) is 0 Å². The zero-order valence-electron chi connectivity index (χ0n) is 3.69. The van der Waals surface area contributed by atoms with Crippen molar-refractivity contribution in [2.75, 3.05) is 7.05 Å². The van der Waals surface area contributed by atoms with Crippen molar-refractivity contribution < 1.29 is 4.84 Å². The van der Waals surface area contributed by atoms with Gasteiger partial charge in [-0.3, -0.25) is 0 Å². The molecule has 0 atom stereocenters. The van der Waals surface area contributed by atoms with E-state index in [0.717, 1.165) is 0 Å². The summed E-state index contributed by atoms with van der Waals surface area (Å²) in [7, 11) is 1.61. The minimum Gasteiger partial charge on any atom is -0.392 e. The van der Waals surface area contributed by atoms with Crippen molar-refractivity contribution in [3.63, 3.8) is 0 Å². The maximum Gasteiger partial charge on any atom is 0.202 e. The lowest BCUT2D eigenvalue weighted by atomic mass is 11.0. The van der Waals surface area contributed by atoms with Crippen LogP contribution in [0.15, 0.2) is 12.5 Å². The van der Waals surface area contributed by atoms with Gasteiger partial charge in [0.05, 0.1) is 0 Å². The highest BCUT2D eigenvalue weighted by Gasteiger charge is 1.72. The van der Waals surface area contributed by atoms with Crippen LogP contribution in [0.25, 0.3) is 0 Å². The number of rotatable bonds is 2. The van der Waals surface area contributed by atoms with Crippen molar-refractivity contribution in [2.45, 2.75) is 0 Å². The van der Waals surface area contributed by atoms with Crippen LogP contribution in [0.3, 0.4) is 0 Å². The molecule has 6 heavy (non-hydrogen) atoms. The lowest BCUT2D eigenvalue weighted by molar-refractivity contribution is 0.125. The first-order valence-electron chi connectivity index (χ1n) is 1.55. The smallest absolute Gasteiger partial charge is 0.202 e. The van der Waals surface area contributed by atoms with Gasteiger partial charge in [0, 0.05) is 7.05 Å². The van der Waals surface area contributed by atoms with Crippen LogP contribution in [0.5, 0.6) is 0 Å². The Morgan fingerprint density at radius 1 is 2.00 bits per heavy atom. The second-order valence-corrected chi connectivity index (χ2v) is 0.772. The first kappa shape index (κ1) is 5.30. The van der Waals surface area contributed by atoms with Crippen LogP contribution >= 0.6 is 0 Å². The van der Waals surface area contributed by atoms with Crippen LogP contribution in [0.1, 0.15) is 0 Å². The molecule has 0 spiro atoms. The van der Waals surface area contributed by atoms with Gasteiger partial charge in [0.15, 0.2) is 0 Å². The van der Waals surface area contributed by atoms with Crippen molar-refractivity contribution in [3.8, 4) is 0 Å². The minimum absolute atomic E-state index is 0.178. The summed E-state index contributed by atoms with van der Waals surface area (Å²) in [6, 6.07) is 0. The standard InChI is InChI=1S/C3H8N2O/c1-3(4)6-5-2/h5H,1,4H2,2H3. The Morgan fingerprint density at radius 2 is 2.50 bits per heavy atom. The second-order valence-electron chi connectivity index (χ2n) is 0.772. The Bertz CT molecular complexity index is 52.8. The van der Waals surface area contributed by atoms with Gasteiger partial charge in [-0.1, -0.05) is 0 Å². The molecule has 0 saturated carbocycles. The molecule has 0 aliphatic heterocycles. The highest BCUT2D eigenvalue weighted by atomic mass is 16.7. The van der Waals surface area contributed by atoms with Crippen LogP contribution in [-0.4, -0.2) is 7.05 Å². The monoisotopic (exact) mass is 88.1 g/mol. The van der Waals surface area contributed by atoms with E-state index in [9.17, 15) is 0 Å². The molecule has 0 aromatic rings. The van der Waals surface area contributed by atoms with Crippen molar-refractivity contribution in [3.05, 3.63) is 12.5 Å². The van der Waals surface area contributed by atoms with E-state index in [2.05, 4.69) is 16.9 Å². The molecule has 0 aliphatic rings. The van der Waals surface area contributed by atoms with Crippen molar-refractivity contribution in [1.82, 2.24) is 5.48 Å². The van der Waals surface area contributed by atoms with E-state index in [1.807, 2.05) is 0 Å². The topological polar surface area (TPSA) is 47.3 Å². The van der Waals surface area contributed by atoms with E-state index < -0.39 is 0 Å². The highest BCUT2D eigenvalue weighted by Crippen LogP contribution is 1.68. The largest absolute Gasteiger partial charge is 0.392 e. The molecule has 0 unspecified atom stereocenters. The Balaban J connectivity index is 2.83. The van der Waals surface area contributed by atoms with Crippen LogP contribution in [0.4, 0.5) is 0 Å². The molecule has 0 aromatic carbocycles. The fourth-order valence-electron chi connectivity index (χ4n) is 0.131. The molecular formula is C3H8N2O. The molecule has 3 nitrogen and oxygen atoms in total. The molecule has 0 bridgehead atoms. The molecule has 3 heteroatoms. The third-order valence-corrected chi connectivity index (χ3v) is 0.233. The van der Waals surface area contributed by atoms with Crippen LogP contribution < -0.4 is 11.2 Å². The molecule has 0 aromatic heterocycles. The first-order chi connectivity index (χ1) is 2.77. The third kappa shape index (κ3) is 3.30. The lowest BCUT2D eigenvalue weighted by Crippen LogP contribution is -2.11. The van der Waals surface area contributed by atoms with Gasteiger partial charge < -0.3 is 10.6 Å². The fourth-order valence-corrected chi connectivity index (χ4v) is 0.131.